The molecule has 0 bridgehead atoms. The Bertz CT molecular complexity index is 385. The average molecular weight is 246 g/mol. The zero-order chi connectivity index (χ0) is 13.1. The van der Waals surface area contributed by atoms with E-state index in [0.717, 1.165) is 5.56 Å². The molecule has 94 valence electrons. The minimum Gasteiger partial charge on any atom is -0.318 e. The van der Waals surface area contributed by atoms with Crippen molar-refractivity contribution in [2.24, 2.45) is 0 Å². The Morgan fingerprint density at radius 1 is 1.24 bits per heavy atom. The van der Waals surface area contributed by atoms with Crippen LogP contribution in [0.25, 0.3) is 0 Å². The third-order valence-electron chi connectivity index (χ3n) is 1.97. The van der Waals surface area contributed by atoms with Gasteiger partial charge in [-0.05, 0) is 31.8 Å². The van der Waals surface area contributed by atoms with Gasteiger partial charge in [0.1, 0.15) is 0 Å². The SMILES string of the molecule is CN(C)Cc1ccc(NC(=O)C(F)(F)F)cc1. The second-order valence-corrected chi connectivity index (χ2v) is 3.89. The molecule has 1 rings (SSSR count). The van der Waals surface area contributed by atoms with Crippen LogP contribution in [-0.2, 0) is 11.3 Å². The second-order valence-electron chi connectivity index (χ2n) is 3.89. The number of amides is 1. The predicted octanol–water partition coefficient (Wildman–Crippen LogP) is 2.25. The van der Waals surface area contributed by atoms with Gasteiger partial charge in [-0.1, -0.05) is 12.1 Å². The minimum atomic E-state index is -4.86. The number of benzene rings is 1. The molecule has 0 aliphatic rings. The van der Waals surface area contributed by atoms with E-state index in [1.54, 1.807) is 17.4 Å². The van der Waals surface area contributed by atoms with E-state index >= 15 is 0 Å². The van der Waals surface area contributed by atoms with Crippen molar-refractivity contribution in [2.75, 3.05) is 19.4 Å². The molecule has 0 aliphatic heterocycles. The van der Waals surface area contributed by atoms with Gasteiger partial charge in [0.2, 0.25) is 0 Å². The van der Waals surface area contributed by atoms with Crippen molar-refractivity contribution < 1.29 is 18.0 Å². The molecule has 0 aliphatic carbocycles. The van der Waals surface area contributed by atoms with Crippen LogP contribution in [0.5, 0.6) is 0 Å². The summed E-state index contributed by atoms with van der Waals surface area (Å²) in [5.41, 5.74) is 1.09. The lowest BCUT2D eigenvalue weighted by Gasteiger charge is -2.11. The number of anilines is 1. The minimum absolute atomic E-state index is 0.134. The third-order valence-corrected chi connectivity index (χ3v) is 1.97. The van der Waals surface area contributed by atoms with E-state index in [9.17, 15) is 18.0 Å². The molecular formula is C11H13F3N2O. The van der Waals surface area contributed by atoms with Gasteiger partial charge in [-0.25, -0.2) is 0 Å². The molecule has 0 radical (unpaired) electrons. The molecule has 0 saturated heterocycles. The molecule has 0 aromatic heterocycles. The van der Waals surface area contributed by atoms with Gasteiger partial charge in [0.15, 0.2) is 0 Å². The fourth-order valence-corrected chi connectivity index (χ4v) is 1.26. The molecule has 17 heavy (non-hydrogen) atoms. The number of hydrogen-bond acceptors (Lipinski definition) is 2. The van der Waals surface area contributed by atoms with Crippen molar-refractivity contribution >= 4 is 11.6 Å². The first-order valence-corrected chi connectivity index (χ1v) is 4.91. The van der Waals surface area contributed by atoms with Gasteiger partial charge in [0, 0.05) is 12.2 Å². The molecule has 1 amide bonds. The van der Waals surface area contributed by atoms with Crippen LogP contribution >= 0.6 is 0 Å². The topological polar surface area (TPSA) is 32.3 Å². The number of nitrogens with zero attached hydrogens (tertiary/aromatic N) is 1. The van der Waals surface area contributed by atoms with Crippen molar-refractivity contribution in [3.8, 4) is 0 Å². The van der Waals surface area contributed by atoms with Crippen LogP contribution in [0.2, 0.25) is 0 Å². The van der Waals surface area contributed by atoms with Crippen LogP contribution < -0.4 is 5.32 Å². The largest absolute Gasteiger partial charge is 0.471 e. The van der Waals surface area contributed by atoms with Gasteiger partial charge in [-0.2, -0.15) is 13.2 Å². The molecular weight excluding hydrogens is 233 g/mol. The molecule has 0 unspecified atom stereocenters. The summed E-state index contributed by atoms with van der Waals surface area (Å²) < 4.78 is 35.9. The number of nitrogens with one attached hydrogen (secondary N) is 1. The number of alkyl halides is 3. The number of carbonyl (C=O) groups is 1. The van der Waals surface area contributed by atoms with E-state index < -0.39 is 12.1 Å². The summed E-state index contributed by atoms with van der Waals surface area (Å²) >= 11 is 0. The molecule has 1 aromatic rings. The summed E-state index contributed by atoms with van der Waals surface area (Å²) in [7, 11) is 3.78. The van der Waals surface area contributed by atoms with Gasteiger partial charge in [0.05, 0.1) is 0 Å². The Hall–Kier alpha value is -1.56. The first-order chi connectivity index (χ1) is 7.79. The second kappa shape index (κ2) is 5.18. The lowest BCUT2D eigenvalue weighted by atomic mass is 10.2. The smallest absolute Gasteiger partial charge is 0.318 e. The summed E-state index contributed by atoms with van der Waals surface area (Å²) in [4.78, 5) is 12.6. The summed E-state index contributed by atoms with van der Waals surface area (Å²) in [5.74, 6) is -1.96. The Labute approximate surface area is 97.2 Å². The summed E-state index contributed by atoms with van der Waals surface area (Å²) in [6, 6.07) is 6.24. The Morgan fingerprint density at radius 2 is 1.76 bits per heavy atom. The molecule has 0 spiro atoms. The highest BCUT2D eigenvalue weighted by molar-refractivity contribution is 5.94. The lowest BCUT2D eigenvalue weighted by Crippen LogP contribution is -2.29. The molecule has 1 N–H and O–H groups in total. The summed E-state index contributed by atoms with van der Waals surface area (Å²) in [5, 5.41) is 1.78. The monoisotopic (exact) mass is 246 g/mol. The molecule has 6 heteroatoms. The Morgan fingerprint density at radius 3 is 2.18 bits per heavy atom. The zero-order valence-corrected chi connectivity index (χ0v) is 9.51. The van der Waals surface area contributed by atoms with Crippen molar-refractivity contribution in [1.82, 2.24) is 4.90 Å². The first-order valence-electron chi connectivity index (χ1n) is 4.91. The molecule has 0 heterocycles. The van der Waals surface area contributed by atoms with Crippen molar-refractivity contribution in [2.45, 2.75) is 12.7 Å². The molecule has 0 atom stereocenters. The quantitative estimate of drug-likeness (QED) is 0.887. The van der Waals surface area contributed by atoms with E-state index in [4.69, 9.17) is 0 Å². The maximum Gasteiger partial charge on any atom is 0.471 e. The number of carbonyl (C=O) groups excluding carboxylic acids is 1. The maximum absolute atomic E-state index is 12.0. The predicted molar refractivity (Wildman–Crippen MR) is 58.5 cm³/mol. The van der Waals surface area contributed by atoms with E-state index in [0.29, 0.717) is 6.54 Å². The maximum atomic E-state index is 12.0. The fraction of sp³-hybridized carbons (Fsp3) is 0.364. The van der Waals surface area contributed by atoms with Gasteiger partial charge >= 0.3 is 12.1 Å². The Kier molecular flexibility index (Phi) is 4.11. The van der Waals surface area contributed by atoms with E-state index in [-0.39, 0.29) is 5.69 Å². The van der Waals surface area contributed by atoms with Gasteiger partial charge in [-0.3, -0.25) is 4.79 Å². The van der Waals surface area contributed by atoms with E-state index in [2.05, 4.69) is 0 Å². The highest BCUT2D eigenvalue weighted by atomic mass is 19.4. The normalized spacial score (nSPS) is 11.6. The van der Waals surface area contributed by atoms with Gasteiger partial charge < -0.3 is 10.2 Å². The summed E-state index contributed by atoms with van der Waals surface area (Å²) in [6.07, 6.45) is -4.86. The van der Waals surface area contributed by atoms with Gasteiger partial charge in [0.25, 0.3) is 0 Å². The standard InChI is InChI=1S/C11H13F3N2O/c1-16(2)7-8-3-5-9(6-4-8)15-10(17)11(12,13)14/h3-6H,7H2,1-2H3,(H,15,17). The van der Waals surface area contributed by atoms with Crippen LogP contribution in [0.1, 0.15) is 5.56 Å². The molecule has 0 saturated carbocycles. The van der Waals surface area contributed by atoms with Crippen LogP contribution in [0.3, 0.4) is 0 Å². The fourth-order valence-electron chi connectivity index (χ4n) is 1.26. The zero-order valence-electron chi connectivity index (χ0n) is 9.51. The van der Waals surface area contributed by atoms with Crippen LogP contribution in [0.4, 0.5) is 18.9 Å². The molecule has 1 aromatic carbocycles. The van der Waals surface area contributed by atoms with Crippen LogP contribution in [-0.4, -0.2) is 31.1 Å². The molecule has 0 fully saturated rings. The van der Waals surface area contributed by atoms with Crippen molar-refractivity contribution in [1.29, 1.82) is 0 Å². The number of rotatable bonds is 3. The first kappa shape index (κ1) is 13.5. The lowest BCUT2D eigenvalue weighted by molar-refractivity contribution is -0.167. The van der Waals surface area contributed by atoms with Gasteiger partial charge in [-0.15, -0.1) is 0 Å². The van der Waals surface area contributed by atoms with Crippen molar-refractivity contribution in [3.05, 3.63) is 29.8 Å². The van der Waals surface area contributed by atoms with Crippen LogP contribution in [0, 0.1) is 0 Å². The average Bonchev–Trinajstić information content (AvgIpc) is 2.18. The van der Waals surface area contributed by atoms with Crippen LogP contribution in [0.15, 0.2) is 24.3 Å². The summed E-state index contributed by atoms with van der Waals surface area (Å²) in [6.45, 7) is 0.688. The highest BCUT2D eigenvalue weighted by Crippen LogP contribution is 2.18. The third kappa shape index (κ3) is 4.44. The van der Waals surface area contributed by atoms with E-state index in [1.165, 1.54) is 12.1 Å². The van der Waals surface area contributed by atoms with Crippen molar-refractivity contribution in [3.63, 3.8) is 0 Å². The number of halogens is 3. The number of hydrogen-bond donors (Lipinski definition) is 1. The Balaban J connectivity index is 2.66. The van der Waals surface area contributed by atoms with E-state index in [1.807, 2.05) is 19.0 Å². The molecule has 3 nitrogen and oxygen atoms in total. The highest BCUT2D eigenvalue weighted by Gasteiger charge is 2.38.